The number of carbonyl (C=O) groups excluding carboxylic acids is 2. The normalized spacial score (nSPS) is 9.46. The number of hydrogen-bond acceptors (Lipinski definition) is 3. The predicted octanol–water partition coefficient (Wildman–Crippen LogP) is 0.808. The van der Waals surface area contributed by atoms with Gasteiger partial charge in [0, 0.05) is 13.6 Å². The Kier molecular flexibility index (Phi) is 5.93. The van der Waals surface area contributed by atoms with Crippen molar-refractivity contribution in [1.82, 2.24) is 4.90 Å². The molecular formula is C9H17NO3. The minimum atomic E-state index is -0.478. The molecule has 0 N–H and O–H groups in total. The Morgan fingerprint density at radius 3 is 2.46 bits per heavy atom. The van der Waals surface area contributed by atoms with Crippen LogP contribution in [0.2, 0.25) is 0 Å². The number of esters is 1. The molecule has 0 radical (unpaired) electrons. The standard InChI is InChI=1S/C9H17NO3/c1-4-5-6-10(2)8(11)7-9(12)13-3/h4-7H2,1-3H3. The molecule has 0 aliphatic rings. The number of methoxy groups -OCH3 is 1. The minimum absolute atomic E-state index is 0.156. The minimum Gasteiger partial charge on any atom is -0.469 e. The van der Waals surface area contributed by atoms with Gasteiger partial charge in [-0.1, -0.05) is 13.3 Å². The molecule has 1 amide bonds. The van der Waals surface area contributed by atoms with E-state index in [-0.39, 0.29) is 12.3 Å². The van der Waals surface area contributed by atoms with Gasteiger partial charge in [0.1, 0.15) is 6.42 Å². The van der Waals surface area contributed by atoms with Crippen LogP contribution < -0.4 is 0 Å². The fourth-order valence-corrected chi connectivity index (χ4v) is 0.851. The second-order valence-corrected chi connectivity index (χ2v) is 2.92. The fourth-order valence-electron chi connectivity index (χ4n) is 0.851. The number of carbonyl (C=O) groups is 2. The first-order chi connectivity index (χ1) is 6.11. The largest absolute Gasteiger partial charge is 0.469 e. The van der Waals surface area contributed by atoms with Gasteiger partial charge in [0.25, 0.3) is 0 Å². The van der Waals surface area contributed by atoms with Crippen molar-refractivity contribution >= 4 is 11.9 Å². The second-order valence-electron chi connectivity index (χ2n) is 2.92. The summed E-state index contributed by atoms with van der Waals surface area (Å²) in [5.74, 6) is -0.659. The van der Waals surface area contributed by atoms with E-state index in [0.717, 1.165) is 12.8 Å². The zero-order valence-corrected chi connectivity index (χ0v) is 8.50. The third-order valence-electron chi connectivity index (χ3n) is 1.80. The zero-order valence-electron chi connectivity index (χ0n) is 8.50. The van der Waals surface area contributed by atoms with E-state index in [1.807, 2.05) is 0 Å². The highest BCUT2D eigenvalue weighted by Crippen LogP contribution is 1.96. The Morgan fingerprint density at radius 1 is 1.38 bits per heavy atom. The number of hydrogen-bond donors (Lipinski definition) is 0. The molecule has 0 bridgehead atoms. The van der Waals surface area contributed by atoms with Crippen molar-refractivity contribution < 1.29 is 14.3 Å². The van der Waals surface area contributed by atoms with Crippen molar-refractivity contribution in [3.8, 4) is 0 Å². The first kappa shape index (κ1) is 11.9. The van der Waals surface area contributed by atoms with Crippen molar-refractivity contribution in [3.63, 3.8) is 0 Å². The SMILES string of the molecule is CCCCN(C)C(=O)CC(=O)OC. The van der Waals surface area contributed by atoms with Crippen LogP contribution in [-0.4, -0.2) is 37.5 Å². The molecule has 0 saturated heterocycles. The second kappa shape index (κ2) is 6.46. The number of rotatable bonds is 5. The highest BCUT2D eigenvalue weighted by Gasteiger charge is 2.12. The van der Waals surface area contributed by atoms with Crippen molar-refractivity contribution in [3.05, 3.63) is 0 Å². The molecule has 0 atom stereocenters. The van der Waals surface area contributed by atoms with Crippen LogP contribution in [0.1, 0.15) is 26.2 Å². The van der Waals surface area contributed by atoms with Crippen LogP contribution in [0.5, 0.6) is 0 Å². The van der Waals surface area contributed by atoms with E-state index in [9.17, 15) is 9.59 Å². The molecule has 0 heterocycles. The lowest BCUT2D eigenvalue weighted by Crippen LogP contribution is -2.29. The summed E-state index contributed by atoms with van der Waals surface area (Å²) in [6.07, 6.45) is 1.84. The van der Waals surface area contributed by atoms with Crippen LogP contribution >= 0.6 is 0 Å². The van der Waals surface area contributed by atoms with Gasteiger partial charge in [0.2, 0.25) is 5.91 Å². The molecule has 0 aromatic rings. The quantitative estimate of drug-likeness (QED) is 0.472. The maximum Gasteiger partial charge on any atom is 0.315 e. The predicted molar refractivity (Wildman–Crippen MR) is 49.2 cm³/mol. The molecule has 76 valence electrons. The van der Waals surface area contributed by atoms with Gasteiger partial charge in [-0.05, 0) is 6.42 Å². The van der Waals surface area contributed by atoms with Gasteiger partial charge in [-0.3, -0.25) is 9.59 Å². The van der Waals surface area contributed by atoms with Crippen LogP contribution in [0, 0.1) is 0 Å². The average Bonchev–Trinajstić information content (AvgIpc) is 2.13. The van der Waals surface area contributed by atoms with Gasteiger partial charge >= 0.3 is 5.97 Å². The van der Waals surface area contributed by atoms with Gasteiger partial charge in [-0.15, -0.1) is 0 Å². The first-order valence-corrected chi connectivity index (χ1v) is 4.42. The number of nitrogens with zero attached hydrogens (tertiary/aromatic N) is 1. The summed E-state index contributed by atoms with van der Waals surface area (Å²) in [5.41, 5.74) is 0. The van der Waals surface area contributed by atoms with Crippen molar-refractivity contribution in [2.24, 2.45) is 0 Å². The molecular weight excluding hydrogens is 170 g/mol. The number of amides is 1. The molecule has 0 aliphatic heterocycles. The van der Waals surface area contributed by atoms with E-state index in [1.165, 1.54) is 7.11 Å². The monoisotopic (exact) mass is 187 g/mol. The van der Waals surface area contributed by atoms with Crippen LogP contribution in [0.4, 0.5) is 0 Å². The van der Waals surface area contributed by atoms with Crippen molar-refractivity contribution in [1.29, 1.82) is 0 Å². The molecule has 0 unspecified atom stereocenters. The molecule has 0 aliphatic carbocycles. The molecule has 0 saturated carbocycles. The fraction of sp³-hybridized carbons (Fsp3) is 0.778. The molecule has 0 aromatic heterocycles. The number of ether oxygens (including phenoxy) is 1. The van der Waals surface area contributed by atoms with Gasteiger partial charge in [0.05, 0.1) is 7.11 Å². The molecule has 4 heteroatoms. The van der Waals surface area contributed by atoms with Gasteiger partial charge in [-0.25, -0.2) is 0 Å². The lowest BCUT2D eigenvalue weighted by atomic mass is 10.3. The highest BCUT2D eigenvalue weighted by molar-refractivity contribution is 5.94. The van der Waals surface area contributed by atoms with E-state index in [1.54, 1.807) is 11.9 Å². The molecule has 13 heavy (non-hydrogen) atoms. The van der Waals surface area contributed by atoms with Gasteiger partial charge in [-0.2, -0.15) is 0 Å². The Morgan fingerprint density at radius 2 is 2.00 bits per heavy atom. The third kappa shape index (κ3) is 5.22. The Labute approximate surface area is 78.9 Å². The molecule has 0 rings (SSSR count). The molecule has 0 aromatic carbocycles. The summed E-state index contributed by atoms with van der Waals surface area (Å²) in [6.45, 7) is 2.75. The topological polar surface area (TPSA) is 46.6 Å². The maximum absolute atomic E-state index is 11.2. The highest BCUT2D eigenvalue weighted by atomic mass is 16.5. The van der Waals surface area contributed by atoms with Crippen molar-refractivity contribution in [2.45, 2.75) is 26.2 Å². The smallest absolute Gasteiger partial charge is 0.315 e. The Bertz CT molecular complexity index is 180. The summed E-state index contributed by atoms with van der Waals surface area (Å²) >= 11 is 0. The van der Waals surface area contributed by atoms with E-state index in [4.69, 9.17) is 0 Å². The van der Waals surface area contributed by atoms with Crippen LogP contribution in [-0.2, 0) is 14.3 Å². The van der Waals surface area contributed by atoms with Crippen molar-refractivity contribution in [2.75, 3.05) is 20.7 Å². The van der Waals surface area contributed by atoms with Crippen LogP contribution in [0.25, 0.3) is 0 Å². The maximum atomic E-state index is 11.2. The molecule has 0 fully saturated rings. The third-order valence-corrected chi connectivity index (χ3v) is 1.80. The first-order valence-electron chi connectivity index (χ1n) is 4.42. The summed E-state index contributed by atoms with van der Waals surface area (Å²) in [6, 6.07) is 0. The summed E-state index contributed by atoms with van der Waals surface area (Å²) in [7, 11) is 2.97. The molecule has 0 spiro atoms. The van der Waals surface area contributed by atoms with Crippen LogP contribution in [0.15, 0.2) is 0 Å². The van der Waals surface area contributed by atoms with E-state index < -0.39 is 5.97 Å². The lowest BCUT2D eigenvalue weighted by molar-refractivity contribution is -0.146. The average molecular weight is 187 g/mol. The van der Waals surface area contributed by atoms with E-state index in [2.05, 4.69) is 11.7 Å². The summed E-state index contributed by atoms with van der Waals surface area (Å²) in [5, 5.41) is 0. The van der Waals surface area contributed by atoms with Crippen LogP contribution in [0.3, 0.4) is 0 Å². The zero-order chi connectivity index (χ0) is 10.3. The van der Waals surface area contributed by atoms with Gasteiger partial charge < -0.3 is 9.64 Å². The van der Waals surface area contributed by atoms with E-state index in [0.29, 0.717) is 6.54 Å². The van der Waals surface area contributed by atoms with E-state index >= 15 is 0 Å². The summed E-state index contributed by atoms with van der Waals surface area (Å²) < 4.78 is 4.39. The lowest BCUT2D eigenvalue weighted by Gasteiger charge is -2.15. The Balaban J connectivity index is 3.75. The Hall–Kier alpha value is -1.06. The number of unbranched alkanes of at least 4 members (excludes halogenated alkanes) is 1. The molecule has 4 nitrogen and oxygen atoms in total. The summed E-state index contributed by atoms with van der Waals surface area (Å²) in [4.78, 5) is 23.5. The van der Waals surface area contributed by atoms with Gasteiger partial charge in [0.15, 0.2) is 0 Å².